The average molecular weight is 305 g/mol. The monoisotopic (exact) mass is 305 g/mol. The number of nitrogens with zero attached hydrogens (tertiary/aromatic N) is 3. The lowest BCUT2D eigenvalue weighted by Gasteiger charge is -1.99. The van der Waals surface area contributed by atoms with Gasteiger partial charge in [0.1, 0.15) is 11.4 Å². The van der Waals surface area contributed by atoms with Crippen LogP contribution in [0.5, 0.6) is 5.75 Å². The first-order valence-corrected chi connectivity index (χ1v) is 7.22. The summed E-state index contributed by atoms with van der Waals surface area (Å²) in [4.78, 5) is 8.53. The van der Waals surface area contributed by atoms with Gasteiger partial charge < -0.3 is 9.26 Å². The van der Waals surface area contributed by atoms with Crippen molar-refractivity contribution < 1.29 is 9.26 Å². The number of rotatable bonds is 4. The van der Waals surface area contributed by atoms with Gasteiger partial charge in [-0.2, -0.15) is 4.98 Å². The van der Waals surface area contributed by atoms with Gasteiger partial charge in [0.05, 0.1) is 7.11 Å². The van der Waals surface area contributed by atoms with Gasteiger partial charge in [-0.3, -0.25) is 0 Å². The van der Waals surface area contributed by atoms with Crippen LogP contribution in [0.3, 0.4) is 0 Å². The van der Waals surface area contributed by atoms with E-state index in [9.17, 15) is 0 Å². The molecular weight excluding hydrogens is 290 g/mol. The molecule has 3 aromatic rings. The van der Waals surface area contributed by atoms with E-state index in [1.165, 1.54) is 0 Å². The highest BCUT2D eigenvalue weighted by molar-refractivity contribution is 5.56. The summed E-state index contributed by atoms with van der Waals surface area (Å²) in [6.07, 6.45) is 2.97. The molecule has 3 rings (SSSR count). The van der Waals surface area contributed by atoms with Gasteiger partial charge in [-0.25, -0.2) is 4.98 Å². The Bertz CT molecular complexity index is 832. The van der Waals surface area contributed by atoms with Gasteiger partial charge in [0.2, 0.25) is 11.7 Å². The van der Waals surface area contributed by atoms with Crippen LogP contribution < -0.4 is 4.74 Å². The normalized spacial score (nSPS) is 9.96. The highest BCUT2D eigenvalue weighted by Crippen LogP contribution is 2.21. The molecule has 0 radical (unpaired) electrons. The van der Waals surface area contributed by atoms with E-state index < -0.39 is 0 Å². The quantitative estimate of drug-likeness (QED) is 0.693. The van der Waals surface area contributed by atoms with Gasteiger partial charge >= 0.3 is 0 Å². The lowest BCUT2D eigenvalue weighted by molar-refractivity contribution is 0.380. The maximum absolute atomic E-state index is 5.26. The number of benzene rings is 1. The Hall–Kier alpha value is -3.13. The first kappa shape index (κ1) is 14.8. The molecule has 0 aliphatic rings. The first-order valence-electron chi connectivity index (χ1n) is 7.22. The SMILES string of the molecule is COc1cccc(-c2noc(CCC#Cc3ccccn3)n2)c1. The van der Waals surface area contributed by atoms with E-state index in [0.717, 1.165) is 17.0 Å². The maximum atomic E-state index is 5.26. The number of methoxy groups -OCH3 is 1. The molecule has 0 N–H and O–H groups in total. The smallest absolute Gasteiger partial charge is 0.227 e. The standard InChI is InChI=1S/C18H15N3O2/c1-22-16-10-6-7-14(13-16)18-20-17(23-21-18)11-3-2-8-15-9-4-5-12-19-15/h4-7,9-10,12-13H,3,11H2,1H3. The summed E-state index contributed by atoms with van der Waals surface area (Å²) in [5.74, 6) is 7.94. The molecule has 23 heavy (non-hydrogen) atoms. The molecule has 114 valence electrons. The van der Waals surface area contributed by atoms with Crippen molar-refractivity contribution in [2.75, 3.05) is 7.11 Å². The Balaban J connectivity index is 1.62. The molecule has 0 saturated heterocycles. The van der Waals surface area contributed by atoms with Crippen molar-refractivity contribution in [3.05, 3.63) is 60.2 Å². The number of hydrogen-bond donors (Lipinski definition) is 0. The highest BCUT2D eigenvalue weighted by Gasteiger charge is 2.08. The third-order valence-corrected chi connectivity index (χ3v) is 3.14. The molecule has 0 bridgehead atoms. The minimum atomic E-state index is 0.552. The van der Waals surface area contributed by atoms with Crippen molar-refractivity contribution in [1.29, 1.82) is 0 Å². The van der Waals surface area contributed by atoms with Crippen LogP contribution in [0.2, 0.25) is 0 Å². The maximum Gasteiger partial charge on any atom is 0.227 e. The van der Waals surface area contributed by atoms with E-state index in [0.29, 0.717) is 24.6 Å². The van der Waals surface area contributed by atoms with Crippen LogP contribution in [-0.2, 0) is 6.42 Å². The minimum absolute atomic E-state index is 0.552. The number of aryl methyl sites for hydroxylation is 1. The summed E-state index contributed by atoms with van der Waals surface area (Å²) in [6.45, 7) is 0. The summed E-state index contributed by atoms with van der Waals surface area (Å²) < 4.78 is 10.5. The molecule has 1 aromatic carbocycles. The predicted molar refractivity (Wildman–Crippen MR) is 85.7 cm³/mol. The zero-order chi connectivity index (χ0) is 15.9. The van der Waals surface area contributed by atoms with Crippen LogP contribution in [0.15, 0.2) is 53.2 Å². The Labute approximate surface area is 134 Å². The largest absolute Gasteiger partial charge is 0.497 e. The highest BCUT2D eigenvalue weighted by atomic mass is 16.5. The van der Waals surface area contributed by atoms with Crippen molar-refractivity contribution >= 4 is 0 Å². The van der Waals surface area contributed by atoms with Gasteiger partial charge in [-0.15, -0.1) is 0 Å². The van der Waals surface area contributed by atoms with E-state index >= 15 is 0 Å². The van der Waals surface area contributed by atoms with E-state index in [1.807, 2.05) is 42.5 Å². The van der Waals surface area contributed by atoms with Gasteiger partial charge in [0.15, 0.2) is 0 Å². The third kappa shape index (κ3) is 3.95. The van der Waals surface area contributed by atoms with Crippen LogP contribution in [0.25, 0.3) is 11.4 Å². The number of pyridine rings is 1. The lowest BCUT2D eigenvalue weighted by Crippen LogP contribution is -1.87. The summed E-state index contributed by atoms with van der Waals surface area (Å²) in [7, 11) is 1.63. The van der Waals surface area contributed by atoms with Crippen molar-refractivity contribution in [2.24, 2.45) is 0 Å². The van der Waals surface area contributed by atoms with Gasteiger partial charge in [0, 0.05) is 24.6 Å². The summed E-state index contributed by atoms with van der Waals surface area (Å²) >= 11 is 0. The summed E-state index contributed by atoms with van der Waals surface area (Å²) in [5.41, 5.74) is 1.62. The number of hydrogen-bond acceptors (Lipinski definition) is 5. The van der Waals surface area contributed by atoms with E-state index in [1.54, 1.807) is 13.3 Å². The predicted octanol–water partition coefficient (Wildman–Crippen LogP) is 3.12. The van der Waals surface area contributed by atoms with Crippen LogP contribution in [-0.4, -0.2) is 22.2 Å². The molecule has 0 atom stereocenters. The second-order valence-electron chi connectivity index (χ2n) is 4.76. The second-order valence-corrected chi connectivity index (χ2v) is 4.76. The third-order valence-electron chi connectivity index (χ3n) is 3.14. The van der Waals surface area contributed by atoms with E-state index in [-0.39, 0.29) is 0 Å². The van der Waals surface area contributed by atoms with E-state index in [2.05, 4.69) is 27.0 Å². The molecule has 0 fully saturated rings. The fourth-order valence-corrected chi connectivity index (χ4v) is 2.00. The van der Waals surface area contributed by atoms with Crippen molar-refractivity contribution in [3.8, 4) is 29.0 Å². The first-order chi connectivity index (χ1) is 11.3. The van der Waals surface area contributed by atoms with Crippen LogP contribution in [0, 0.1) is 11.8 Å². The van der Waals surface area contributed by atoms with Crippen LogP contribution in [0.4, 0.5) is 0 Å². The molecule has 0 saturated carbocycles. The van der Waals surface area contributed by atoms with Crippen molar-refractivity contribution in [2.45, 2.75) is 12.8 Å². The molecule has 0 unspecified atom stereocenters. The molecule has 2 aromatic heterocycles. The Kier molecular flexibility index (Phi) is 4.65. The van der Waals surface area contributed by atoms with Crippen molar-refractivity contribution in [1.82, 2.24) is 15.1 Å². The second kappa shape index (κ2) is 7.23. The van der Waals surface area contributed by atoms with Gasteiger partial charge in [-0.05, 0) is 30.2 Å². The van der Waals surface area contributed by atoms with E-state index in [4.69, 9.17) is 9.26 Å². The molecule has 5 heteroatoms. The Morgan fingerprint density at radius 1 is 1.17 bits per heavy atom. The molecular formula is C18H15N3O2. The molecule has 0 aliphatic carbocycles. The topological polar surface area (TPSA) is 61.0 Å². The molecule has 5 nitrogen and oxygen atoms in total. The zero-order valence-electron chi connectivity index (χ0n) is 12.7. The number of ether oxygens (including phenoxy) is 1. The van der Waals surface area contributed by atoms with Crippen LogP contribution in [0.1, 0.15) is 18.0 Å². The van der Waals surface area contributed by atoms with Crippen LogP contribution >= 0.6 is 0 Å². The average Bonchev–Trinajstić information content (AvgIpc) is 3.09. The molecule has 0 aliphatic heterocycles. The molecule has 0 spiro atoms. The summed E-state index contributed by atoms with van der Waals surface area (Å²) in [6, 6.07) is 13.2. The lowest BCUT2D eigenvalue weighted by atomic mass is 10.2. The molecule has 2 heterocycles. The Morgan fingerprint density at radius 3 is 2.96 bits per heavy atom. The zero-order valence-corrected chi connectivity index (χ0v) is 12.7. The molecule has 0 amide bonds. The fraction of sp³-hybridized carbons (Fsp3) is 0.167. The number of aromatic nitrogens is 3. The Morgan fingerprint density at radius 2 is 2.13 bits per heavy atom. The summed E-state index contributed by atoms with van der Waals surface area (Å²) in [5, 5.41) is 4.00. The fourth-order valence-electron chi connectivity index (χ4n) is 2.00. The van der Waals surface area contributed by atoms with Crippen molar-refractivity contribution in [3.63, 3.8) is 0 Å². The van der Waals surface area contributed by atoms with Gasteiger partial charge in [0.25, 0.3) is 0 Å². The minimum Gasteiger partial charge on any atom is -0.497 e. The van der Waals surface area contributed by atoms with Gasteiger partial charge in [-0.1, -0.05) is 29.3 Å².